The van der Waals surface area contributed by atoms with Crippen molar-refractivity contribution in [2.75, 3.05) is 5.32 Å². The van der Waals surface area contributed by atoms with E-state index >= 15 is 0 Å². The number of benzene rings is 2. The Morgan fingerprint density at radius 1 is 0.931 bits per heavy atom. The number of carbonyl (C=O) groups excluding carboxylic acids is 1. The predicted octanol–water partition coefficient (Wildman–Crippen LogP) is 4.31. The van der Waals surface area contributed by atoms with Gasteiger partial charge in [-0.25, -0.2) is 0 Å². The van der Waals surface area contributed by atoms with Gasteiger partial charge in [-0.3, -0.25) is 9.59 Å². The maximum absolute atomic E-state index is 12.6. The zero-order valence-electron chi connectivity index (χ0n) is 15.6. The van der Waals surface area contributed by atoms with E-state index in [4.69, 9.17) is 4.42 Å². The standard InChI is InChI=1S/C24H18N2O3/c27-23-7-3-4-12-26(23)15-19-9-11-22(29-19)24(28)25-18-8-10-21-17(14-18)13-16-5-1-2-6-20(16)21/h1-12,14H,13,15H2,(H,25,28). The number of hydrogen-bond donors (Lipinski definition) is 1. The summed E-state index contributed by atoms with van der Waals surface area (Å²) in [6.45, 7) is 0.282. The second-order valence-corrected chi connectivity index (χ2v) is 7.09. The van der Waals surface area contributed by atoms with Crippen LogP contribution in [-0.4, -0.2) is 10.5 Å². The van der Waals surface area contributed by atoms with Gasteiger partial charge >= 0.3 is 0 Å². The largest absolute Gasteiger partial charge is 0.454 e. The number of pyridine rings is 1. The van der Waals surface area contributed by atoms with Crippen LogP contribution in [-0.2, 0) is 13.0 Å². The minimum absolute atomic E-state index is 0.117. The van der Waals surface area contributed by atoms with Gasteiger partial charge in [-0.1, -0.05) is 36.4 Å². The quantitative estimate of drug-likeness (QED) is 0.504. The number of fused-ring (bicyclic) bond motifs is 3. The summed E-state index contributed by atoms with van der Waals surface area (Å²) in [4.78, 5) is 24.4. The lowest BCUT2D eigenvalue weighted by Crippen LogP contribution is -2.18. The van der Waals surface area contributed by atoms with Crippen LogP contribution in [0.1, 0.15) is 27.4 Å². The van der Waals surface area contributed by atoms with Crippen LogP contribution in [0.3, 0.4) is 0 Å². The number of hydrogen-bond acceptors (Lipinski definition) is 3. The zero-order valence-corrected chi connectivity index (χ0v) is 15.6. The summed E-state index contributed by atoms with van der Waals surface area (Å²) in [7, 11) is 0. The second kappa shape index (κ2) is 6.95. The van der Waals surface area contributed by atoms with E-state index in [9.17, 15) is 9.59 Å². The first-order chi connectivity index (χ1) is 14.2. The third kappa shape index (κ3) is 3.27. The molecule has 0 spiro atoms. The molecule has 0 fully saturated rings. The first-order valence-electron chi connectivity index (χ1n) is 9.44. The molecule has 29 heavy (non-hydrogen) atoms. The molecule has 2 aromatic carbocycles. The number of aromatic nitrogens is 1. The predicted molar refractivity (Wildman–Crippen MR) is 111 cm³/mol. The van der Waals surface area contributed by atoms with Crippen LogP contribution in [0.4, 0.5) is 5.69 Å². The fraction of sp³-hybridized carbons (Fsp3) is 0.0833. The van der Waals surface area contributed by atoms with Crippen molar-refractivity contribution in [2.24, 2.45) is 0 Å². The van der Waals surface area contributed by atoms with Crippen LogP contribution in [0.15, 0.2) is 88.2 Å². The first-order valence-corrected chi connectivity index (χ1v) is 9.44. The molecular formula is C24H18N2O3. The molecule has 2 aromatic heterocycles. The van der Waals surface area contributed by atoms with Gasteiger partial charge in [0, 0.05) is 18.0 Å². The number of nitrogens with zero attached hydrogens (tertiary/aromatic N) is 1. The average molecular weight is 382 g/mol. The topological polar surface area (TPSA) is 64.2 Å². The van der Waals surface area contributed by atoms with E-state index in [1.165, 1.54) is 32.9 Å². The monoisotopic (exact) mass is 382 g/mol. The van der Waals surface area contributed by atoms with Gasteiger partial charge in [0.2, 0.25) is 0 Å². The molecule has 4 aromatic rings. The maximum Gasteiger partial charge on any atom is 0.291 e. The molecule has 142 valence electrons. The minimum atomic E-state index is -0.313. The molecule has 0 unspecified atom stereocenters. The van der Waals surface area contributed by atoms with Gasteiger partial charge in [-0.05, 0) is 59.0 Å². The van der Waals surface area contributed by atoms with Crippen molar-refractivity contribution < 1.29 is 9.21 Å². The molecule has 5 nitrogen and oxygen atoms in total. The van der Waals surface area contributed by atoms with E-state index in [1.54, 1.807) is 30.5 Å². The maximum atomic E-state index is 12.6. The summed E-state index contributed by atoms with van der Waals surface area (Å²) in [6, 6.07) is 22.6. The number of amides is 1. The number of carbonyl (C=O) groups is 1. The van der Waals surface area contributed by atoms with Gasteiger partial charge in [0.25, 0.3) is 11.5 Å². The first kappa shape index (κ1) is 17.3. The molecule has 5 heteroatoms. The van der Waals surface area contributed by atoms with Crippen molar-refractivity contribution in [3.8, 4) is 11.1 Å². The van der Waals surface area contributed by atoms with Crippen molar-refractivity contribution >= 4 is 11.6 Å². The summed E-state index contributed by atoms with van der Waals surface area (Å²) < 4.78 is 7.17. The van der Waals surface area contributed by atoms with Crippen LogP contribution in [0.25, 0.3) is 11.1 Å². The van der Waals surface area contributed by atoms with Crippen molar-refractivity contribution in [3.63, 3.8) is 0 Å². The zero-order chi connectivity index (χ0) is 19.8. The van der Waals surface area contributed by atoms with Gasteiger partial charge < -0.3 is 14.3 Å². The molecule has 5 rings (SSSR count). The third-order valence-corrected chi connectivity index (χ3v) is 5.16. The highest BCUT2D eigenvalue weighted by Gasteiger charge is 2.19. The molecule has 1 N–H and O–H groups in total. The van der Waals surface area contributed by atoms with Crippen molar-refractivity contribution in [3.05, 3.63) is 112 Å². The van der Waals surface area contributed by atoms with Gasteiger partial charge in [-0.2, -0.15) is 0 Å². The number of nitrogens with one attached hydrogen (secondary N) is 1. The van der Waals surface area contributed by atoms with Crippen LogP contribution in [0.2, 0.25) is 0 Å². The van der Waals surface area contributed by atoms with Crippen LogP contribution >= 0.6 is 0 Å². The second-order valence-electron chi connectivity index (χ2n) is 7.09. The summed E-state index contributed by atoms with van der Waals surface area (Å²) in [5.41, 5.74) is 5.60. The highest BCUT2D eigenvalue weighted by Crippen LogP contribution is 2.37. The molecule has 0 saturated heterocycles. The van der Waals surface area contributed by atoms with Gasteiger partial charge in [0.1, 0.15) is 5.76 Å². The molecule has 0 aliphatic heterocycles. The van der Waals surface area contributed by atoms with Gasteiger partial charge in [0.05, 0.1) is 6.54 Å². The molecule has 0 bridgehead atoms. The number of furan rings is 1. The third-order valence-electron chi connectivity index (χ3n) is 5.16. The Morgan fingerprint density at radius 3 is 2.66 bits per heavy atom. The van der Waals surface area contributed by atoms with E-state index in [2.05, 4.69) is 17.4 Å². The van der Waals surface area contributed by atoms with E-state index in [0.717, 1.165) is 12.1 Å². The summed E-state index contributed by atoms with van der Waals surface area (Å²) >= 11 is 0. The Morgan fingerprint density at radius 2 is 1.76 bits per heavy atom. The lowest BCUT2D eigenvalue weighted by atomic mass is 10.1. The number of anilines is 1. The Bertz CT molecular complexity index is 1280. The van der Waals surface area contributed by atoms with Crippen LogP contribution < -0.4 is 10.9 Å². The molecule has 1 aliphatic carbocycles. The molecule has 1 amide bonds. The number of rotatable bonds is 4. The van der Waals surface area contributed by atoms with Gasteiger partial charge in [-0.15, -0.1) is 0 Å². The van der Waals surface area contributed by atoms with Crippen LogP contribution in [0.5, 0.6) is 0 Å². The normalized spacial score (nSPS) is 11.7. The Labute approximate surface area is 167 Å². The van der Waals surface area contributed by atoms with E-state index < -0.39 is 0 Å². The van der Waals surface area contributed by atoms with Crippen molar-refractivity contribution in [2.45, 2.75) is 13.0 Å². The van der Waals surface area contributed by atoms with Crippen molar-refractivity contribution in [1.29, 1.82) is 0 Å². The highest BCUT2D eigenvalue weighted by atomic mass is 16.4. The van der Waals surface area contributed by atoms with E-state index in [-0.39, 0.29) is 23.8 Å². The average Bonchev–Trinajstić information content (AvgIpc) is 3.34. The highest BCUT2D eigenvalue weighted by molar-refractivity contribution is 6.02. The summed E-state index contributed by atoms with van der Waals surface area (Å²) in [5, 5.41) is 2.90. The smallest absolute Gasteiger partial charge is 0.291 e. The molecule has 0 saturated carbocycles. The van der Waals surface area contributed by atoms with Crippen LogP contribution in [0, 0.1) is 0 Å². The molecule has 1 aliphatic rings. The SMILES string of the molecule is O=C(Nc1ccc2c(c1)Cc1ccccc1-2)c1ccc(Cn2ccccc2=O)o1. The van der Waals surface area contributed by atoms with Gasteiger partial charge in [0.15, 0.2) is 5.76 Å². The summed E-state index contributed by atoms with van der Waals surface area (Å²) in [5.74, 6) is 0.452. The fourth-order valence-corrected chi connectivity index (χ4v) is 3.76. The van der Waals surface area contributed by atoms with Crippen molar-refractivity contribution in [1.82, 2.24) is 4.57 Å². The molecule has 2 heterocycles. The molecular weight excluding hydrogens is 364 g/mol. The summed E-state index contributed by atoms with van der Waals surface area (Å²) in [6.07, 6.45) is 2.55. The van der Waals surface area contributed by atoms with E-state index in [1.807, 2.05) is 30.3 Å². The molecule has 0 radical (unpaired) electrons. The lowest BCUT2D eigenvalue weighted by Gasteiger charge is -2.07. The minimum Gasteiger partial charge on any atom is -0.454 e. The Hall–Kier alpha value is -3.86. The Kier molecular flexibility index (Phi) is 4.13. The molecule has 0 atom stereocenters. The van der Waals surface area contributed by atoms with E-state index in [0.29, 0.717) is 5.76 Å². The lowest BCUT2D eigenvalue weighted by molar-refractivity contribution is 0.0994. The fourth-order valence-electron chi connectivity index (χ4n) is 3.76. The Balaban J connectivity index is 1.32.